The molecule has 0 bridgehead atoms. The number of nitrogens with zero attached hydrogens (tertiary/aromatic N) is 2. The van der Waals surface area contributed by atoms with Crippen molar-refractivity contribution in [2.45, 2.75) is 33.6 Å². The average molecular weight is 386 g/mol. The number of methoxy groups -OCH3 is 1. The zero-order valence-electron chi connectivity index (χ0n) is 17.5. The van der Waals surface area contributed by atoms with Crippen molar-refractivity contribution in [1.29, 1.82) is 0 Å². The highest BCUT2D eigenvalue weighted by atomic mass is 16.5. The maximum Gasteiger partial charge on any atom is 0.222 e. The molecule has 0 saturated heterocycles. The zero-order valence-corrected chi connectivity index (χ0v) is 17.5. The monoisotopic (exact) mass is 386 g/mol. The summed E-state index contributed by atoms with van der Waals surface area (Å²) in [5.74, 6) is 7.63. The molecule has 0 amide bonds. The maximum atomic E-state index is 5.95. The molecule has 0 saturated carbocycles. The fourth-order valence-corrected chi connectivity index (χ4v) is 3.46. The van der Waals surface area contributed by atoms with E-state index in [0.717, 1.165) is 16.9 Å². The summed E-state index contributed by atoms with van der Waals surface area (Å²) in [7, 11) is 1.70. The van der Waals surface area contributed by atoms with Crippen LogP contribution in [0.1, 0.15) is 40.8 Å². The van der Waals surface area contributed by atoms with E-state index in [1.165, 1.54) is 16.7 Å². The third-order valence-electron chi connectivity index (χ3n) is 5.02. The van der Waals surface area contributed by atoms with Crippen LogP contribution in [0.4, 0.5) is 11.8 Å². The Morgan fingerprint density at radius 1 is 1.00 bits per heavy atom. The molecule has 1 aromatic heterocycles. The van der Waals surface area contributed by atoms with Gasteiger partial charge >= 0.3 is 0 Å². The first kappa shape index (κ1) is 20.2. The number of aromatic nitrogens is 2. The SMILES string of the molecule is COc1cc([C@H](C)C#Cc2c(C)nc(N)nc2N)ccc1-c1c(C)cccc1C. The van der Waals surface area contributed by atoms with Crippen LogP contribution < -0.4 is 16.2 Å². The van der Waals surface area contributed by atoms with Gasteiger partial charge in [-0.3, -0.25) is 0 Å². The van der Waals surface area contributed by atoms with E-state index in [0.29, 0.717) is 17.1 Å². The van der Waals surface area contributed by atoms with E-state index < -0.39 is 0 Å². The molecule has 0 spiro atoms. The number of hydrogen-bond donors (Lipinski definition) is 2. The van der Waals surface area contributed by atoms with Gasteiger partial charge in [0.05, 0.1) is 18.4 Å². The van der Waals surface area contributed by atoms with Crippen molar-refractivity contribution in [1.82, 2.24) is 9.97 Å². The first-order chi connectivity index (χ1) is 13.8. The van der Waals surface area contributed by atoms with Crippen molar-refractivity contribution in [3.05, 3.63) is 64.3 Å². The standard InChI is InChI=1S/C24H26N4O/c1-14(9-11-19-17(4)27-24(26)28-23(19)25)18-10-12-20(21(13-18)29-5)22-15(2)7-6-8-16(22)3/h6-8,10,12-14H,1-5H3,(H4,25,26,27,28)/t14-/m1/s1. The molecule has 29 heavy (non-hydrogen) atoms. The van der Waals surface area contributed by atoms with Gasteiger partial charge in [-0.1, -0.05) is 42.2 Å². The van der Waals surface area contributed by atoms with Gasteiger partial charge < -0.3 is 16.2 Å². The van der Waals surface area contributed by atoms with Crippen molar-refractivity contribution >= 4 is 11.8 Å². The van der Waals surface area contributed by atoms with Crippen LogP contribution in [0.25, 0.3) is 11.1 Å². The lowest BCUT2D eigenvalue weighted by Crippen LogP contribution is -2.05. The highest BCUT2D eigenvalue weighted by Crippen LogP contribution is 2.36. The molecule has 3 rings (SSSR count). The number of hydrogen-bond acceptors (Lipinski definition) is 5. The number of nitrogens with two attached hydrogens (primary N) is 2. The quantitative estimate of drug-likeness (QED) is 0.652. The second-order valence-electron chi connectivity index (χ2n) is 7.15. The van der Waals surface area contributed by atoms with Crippen molar-refractivity contribution in [2.24, 2.45) is 0 Å². The number of rotatable bonds is 3. The molecule has 0 radical (unpaired) electrons. The number of aryl methyl sites for hydroxylation is 3. The topological polar surface area (TPSA) is 87.0 Å². The Labute approximate surface area is 172 Å². The molecule has 0 aliphatic carbocycles. The van der Waals surface area contributed by atoms with Gasteiger partial charge in [0, 0.05) is 11.5 Å². The highest BCUT2D eigenvalue weighted by molar-refractivity contribution is 5.76. The minimum atomic E-state index is -0.0210. The first-order valence-corrected chi connectivity index (χ1v) is 9.47. The molecule has 4 N–H and O–H groups in total. The number of benzene rings is 2. The molecule has 5 nitrogen and oxygen atoms in total. The lowest BCUT2D eigenvalue weighted by atomic mass is 9.92. The summed E-state index contributed by atoms with van der Waals surface area (Å²) < 4.78 is 5.71. The Bertz CT molecular complexity index is 1080. The van der Waals surface area contributed by atoms with Gasteiger partial charge in [0.15, 0.2) is 0 Å². The van der Waals surface area contributed by atoms with E-state index in [2.05, 4.69) is 72.1 Å². The molecule has 148 valence electrons. The highest BCUT2D eigenvalue weighted by Gasteiger charge is 2.13. The van der Waals surface area contributed by atoms with Crippen LogP contribution in [0.5, 0.6) is 5.75 Å². The van der Waals surface area contributed by atoms with Gasteiger partial charge in [-0.25, -0.2) is 4.98 Å². The fourth-order valence-electron chi connectivity index (χ4n) is 3.46. The molecule has 5 heteroatoms. The maximum absolute atomic E-state index is 5.95. The average Bonchev–Trinajstić information content (AvgIpc) is 2.67. The Balaban J connectivity index is 1.98. The number of anilines is 2. The van der Waals surface area contributed by atoms with Crippen molar-refractivity contribution in [2.75, 3.05) is 18.6 Å². The molecule has 0 aliphatic heterocycles. The minimum Gasteiger partial charge on any atom is -0.496 e. The summed E-state index contributed by atoms with van der Waals surface area (Å²) in [5.41, 5.74) is 18.7. The van der Waals surface area contributed by atoms with Crippen molar-refractivity contribution in [3.63, 3.8) is 0 Å². The Kier molecular flexibility index (Phi) is 5.74. The molecular weight excluding hydrogens is 360 g/mol. The van der Waals surface area contributed by atoms with Gasteiger partial charge in [-0.2, -0.15) is 4.98 Å². The summed E-state index contributed by atoms with van der Waals surface area (Å²) >= 11 is 0. The second-order valence-corrected chi connectivity index (χ2v) is 7.15. The van der Waals surface area contributed by atoms with Crippen LogP contribution in [-0.2, 0) is 0 Å². The summed E-state index contributed by atoms with van der Waals surface area (Å²) in [6.07, 6.45) is 0. The van der Waals surface area contributed by atoms with Crippen LogP contribution in [0.2, 0.25) is 0 Å². The second kappa shape index (κ2) is 8.24. The summed E-state index contributed by atoms with van der Waals surface area (Å²) in [6, 6.07) is 12.6. The van der Waals surface area contributed by atoms with Crippen LogP contribution in [0, 0.1) is 32.6 Å². The van der Waals surface area contributed by atoms with E-state index in [9.17, 15) is 0 Å². The third kappa shape index (κ3) is 4.17. The number of ether oxygens (including phenoxy) is 1. The van der Waals surface area contributed by atoms with Crippen LogP contribution >= 0.6 is 0 Å². The van der Waals surface area contributed by atoms with Crippen LogP contribution in [-0.4, -0.2) is 17.1 Å². The van der Waals surface area contributed by atoms with Gasteiger partial charge in [-0.05, 0) is 56.0 Å². The van der Waals surface area contributed by atoms with Crippen molar-refractivity contribution in [3.8, 4) is 28.7 Å². The van der Waals surface area contributed by atoms with Gasteiger partial charge in [0.2, 0.25) is 5.95 Å². The smallest absolute Gasteiger partial charge is 0.222 e. The predicted octanol–water partition coefficient (Wildman–Crippen LogP) is 4.40. The molecule has 1 heterocycles. The van der Waals surface area contributed by atoms with Crippen LogP contribution in [0.15, 0.2) is 36.4 Å². The number of nitrogen functional groups attached to an aromatic ring is 2. The van der Waals surface area contributed by atoms with E-state index in [1.807, 2.05) is 13.8 Å². The molecule has 2 aromatic carbocycles. The van der Waals surface area contributed by atoms with Gasteiger partial charge in [0.25, 0.3) is 0 Å². The van der Waals surface area contributed by atoms with Gasteiger partial charge in [-0.15, -0.1) is 0 Å². The van der Waals surface area contributed by atoms with Gasteiger partial charge in [0.1, 0.15) is 11.6 Å². The zero-order chi connectivity index (χ0) is 21.1. The molecule has 0 aliphatic rings. The lowest BCUT2D eigenvalue weighted by molar-refractivity contribution is 0.416. The molecule has 3 aromatic rings. The van der Waals surface area contributed by atoms with E-state index in [4.69, 9.17) is 16.2 Å². The Morgan fingerprint density at radius 3 is 2.31 bits per heavy atom. The van der Waals surface area contributed by atoms with E-state index in [-0.39, 0.29) is 11.9 Å². The summed E-state index contributed by atoms with van der Waals surface area (Å²) in [5, 5.41) is 0. The molecule has 0 unspecified atom stereocenters. The largest absolute Gasteiger partial charge is 0.496 e. The predicted molar refractivity (Wildman–Crippen MR) is 119 cm³/mol. The fraction of sp³-hybridized carbons (Fsp3) is 0.250. The summed E-state index contributed by atoms with van der Waals surface area (Å²) in [6.45, 7) is 8.10. The third-order valence-corrected chi connectivity index (χ3v) is 5.02. The van der Waals surface area contributed by atoms with Crippen molar-refractivity contribution < 1.29 is 4.74 Å². The summed E-state index contributed by atoms with van der Waals surface area (Å²) in [4.78, 5) is 8.13. The Morgan fingerprint density at radius 2 is 1.69 bits per heavy atom. The lowest BCUT2D eigenvalue weighted by Gasteiger charge is -2.16. The van der Waals surface area contributed by atoms with E-state index in [1.54, 1.807) is 7.11 Å². The molecule has 0 fully saturated rings. The molecular formula is C24H26N4O. The van der Waals surface area contributed by atoms with E-state index >= 15 is 0 Å². The van der Waals surface area contributed by atoms with Crippen LogP contribution in [0.3, 0.4) is 0 Å². The minimum absolute atomic E-state index is 0.0210. The molecule has 1 atom stereocenters. The first-order valence-electron chi connectivity index (χ1n) is 9.47. The normalized spacial score (nSPS) is 11.5. The Hall–Kier alpha value is -3.52.